The number of amides is 2. The van der Waals surface area contributed by atoms with E-state index in [0.717, 1.165) is 0 Å². The zero-order valence-electron chi connectivity index (χ0n) is 9.12. The summed E-state index contributed by atoms with van der Waals surface area (Å²) in [5, 5.41) is 13.2. The Balaban J connectivity index is 3.30. The average Bonchev–Trinajstić information content (AvgIpc) is 2.16. The van der Waals surface area contributed by atoms with Crippen molar-refractivity contribution >= 4 is 17.8 Å². The predicted molar refractivity (Wildman–Crippen MR) is 54.8 cm³/mol. The van der Waals surface area contributed by atoms with Gasteiger partial charge >= 0.3 is 5.97 Å². The predicted octanol–water partition coefficient (Wildman–Crippen LogP) is -1.27. The van der Waals surface area contributed by atoms with Gasteiger partial charge in [-0.05, 0) is 0 Å². The number of carboxylic acid groups (broad SMARTS) is 1. The first kappa shape index (κ1) is 14.4. The minimum atomic E-state index is -1.04. The molecule has 0 unspecified atom stereocenters. The Hall–Kier alpha value is -1.63. The first-order valence-corrected chi connectivity index (χ1v) is 4.83. The van der Waals surface area contributed by atoms with Gasteiger partial charge in [-0.15, -0.1) is 0 Å². The highest BCUT2D eigenvalue weighted by molar-refractivity contribution is 5.77. The molecule has 7 nitrogen and oxygen atoms in total. The molecule has 0 saturated carbocycles. The lowest BCUT2D eigenvalue weighted by atomic mass is 10.4. The molecule has 92 valence electrons. The van der Waals surface area contributed by atoms with Gasteiger partial charge in [0.05, 0.1) is 6.61 Å². The van der Waals surface area contributed by atoms with Gasteiger partial charge in [0, 0.05) is 26.4 Å². The summed E-state index contributed by atoms with van der Waals surface area (Å²) in [6.45, 7) is 1.70. The number of rotatable bonds is 8. The molecule has 0 saturated heterocycles. The zero-order chi connectivity index (χ0) is 12.4. The van der Waals surface area contributed by atoms with E-state index in [4.69, 9.17) is 9.84 Å². The van der Waals surface area contributed by atoms with Gasteiger partial charge in [-0.3, -0.25) is 9.59 Å². The quantitative estimate of drug-likeness (QED) is 0.452. The van der Waals surface area contributed by atoms with Gasteiger partial charge in [0.1, 0.15) is 6.61 Å². The largest absolute Gasteiger partial charge is 0.480 e. The number of hydrogen-bond donors (Lipinski definition) is 3. The van der Waals surface area contributed by atoms with Gasteiger partial charge in [-0.1, -0.05) is 0 Å². The minimum Gasteiger partial charge on any atom is -0.480 e. The molecule has 2 amide bonds. The average molecular weight is 232 g/mol. The third-order valence-corrected chi connectivity index (χ3v) is 1.52. The van der Waals surface area contributed by atoms with Crippen LogP contribution in [0.15, 0.2) is 0 Å². The van der Waals surface area contributed by atoms with Crippen LogP contribution in [-0.2, 0) is 19.1 Å². The molecule has 0 radical (unpaired) electrons. The van der Waals surface area contributed by atoms with Crippen LogP contribution in [0.25, 0.3) is 0 Å². The molecule has 0 aromatic carbocycles. The Labute approximate surface area is 93.2 Å². The first-order valence-electron chi connectivity index (χ1n) is 4.83. The van der Waals surface area contributed by atoms with E-state index in [1.807, 2.05) is 0 Å². The first-order chi connectivity index (χ1) is 7.52. The number of carboxylic acids is 1. The van der Waals surface area contributed by atoms with Gasteiger partial charge in [-0.25, -0.2) is 4.79 Å². The third-order valence-electron chi connectivity index (χ3n) is 1.52. The Morgan fingerprint density at radius 3 is 2.44 bits per heavy atom. The number of nitrogens with one attached hydrogen (secondary N) is 2. The van der Waals surface area contributed by atoms with Crippen LogP contribution in [0, 0.1) is 0 Å². The van der Waals surface area contributed by atoms with Crippen molar-refractivity contribution in [3.63, 3.8) is 0 Å². The van der Waals surface area contributed by atoms with Crippen molar-refractivity contribution in [2.24, 2.45) is 0 Å². The molecule has 0 aliphatic rings. The summed E-state index contributed by atoms with van der Waals surface area (Å²) in [6.07, 6.45) is 0.193. The van der Waals surface area contributed by atoms with Crippen molar-refractivity contribution in [3.8, 4) is 0 Å². The van der Waals surface area contributed by atoms with Crippen molar-refractivity contribution in [3.05, 3.63) is 0 Å². The minimum absolute atomic E-state index is 0.151. The summed E-state index contributed by atoms with van der Waals surface area (Å²) in [4.78, 5) is 31.6. The number of ether oxygens (including phenoxy) is 1. The number of carbonyl (C=O) groups is 3. The van der Waals surface area contributed by atoms with E-state index in [9.17, 15) is 14.4 Å². The molecule has 0 aliphatic heterocycles. The van der Waals surface area contributed by atoms with E-state index in [0.29, 0.717) is 0 Å². The van der Waals surface area contributed by atoms with Crippen LogP contribution in [0.3, 0.4) is 0 Å². The van der Waals surface area contributed by atoms with Gasteiger partial charge in [0.2, 0.25) is 11.8 Å². The van der Waals surface area contributed by atoms with Crippen LogP contribution in [-0.4, -0.2) is 49.2 Å². The molecule has 0 aromatic rings. The van der Waals surface area contributed by atoms with E-state index in [-0.39, 0.29) is 44.5 Å². The lowest BCUT2D eigenvalue weighted by Gasteiger charge is -2.05. The molecule has 0 bridgehead atoms. The van der Waals surface area contributed by atoms with Crippen molar-refractivity contribution < 1.29 is 24.2 Å². The highest BCUT2D eigenvalue weighted by atomic mass is 16.5. The molecule has 0 spiro atoms. The summed E-state index contributed by atoms with van der Waals surface area (Å²) in [6, 6.07) is 0. The van der Waals surface area contributed by atoms with Crippen molar-refractivity contribution in [1.82, 2.24) is 10.6 Å². The molecule has 0 rings (SSSR count). The SMILES string of the molecule is CC(=O)NCCC(=O)NCCOCC(=O)O. The van der Waals surface area contributed by atoms with Crippen LogP contribution in [0.2, 0.25) is 0 Å². The maximum absolute atomic E-state index is 11.1. The topological polar surface area (TPSA) is 105 Å². The molecule has 7 heteroatoms. The van der Waals surface area contributed by atoms with Crippen molar-refractivity contribution in [2.45, 2.75) is 13.3 Å². The maximum Gasteiger partial charge on any atom is 0.329 e. The van der Waals surface area contributed by atoms with E-state index in [2.05, 4.69) is 10.6 Å². The normalized spacial score (nSPS) is 9.56. The van der Waals surface area contributed by atoms with Crippen LogP contribution in [0.4, 0.5) is 0 Å². The molecule has 0 atom stereocenters. The molecule has 0 aliphatic carbocycles. The smallest absolute Gasteiger partial charge is 0.329 e. The fourth-order valence-corrected chi connectivity index (χ4v) is 0.863. The van der Waals surface area contributed by atoms with E-state index >= 15 is 0 Å². The number of carbonyl (C=O) groups excluding carboxylic acids is 2. The van der Waals surface area contributed by atoms with Crippen LogP contribution < -0.4 is 10.6 Å². The van der Waals surface area contributed by atoms with Crippen molar-refractivity contribution in [2.75, 3.05) is 26.3 Å². The summed E-state index contributed by atoms with van der Waals surface area (Å²) < 4.78 is 4.70. The Morgan fingerprint density at radius 1 is 1.19 bits per heavy atom. The van der Waals surface area contributed by atoms with Gasteiger partial charge in [-0.2, -0.15) is 0 Å². The third kappa shape index (κ3) is 10.5. The molecular weight excluding hydrogens is 216 g/mol. The fraction of sp³-hybridized carbons (Fsp3) is 0.667. The van der Waals surface area contributed by atoms with Crippen LogP contribution >= 0.6 is 0 Å². The van der Waals surface area contributed by atoms with Crippen LogP contribution in [0.1, 0.15) is 13.3 Å². The lowest BCUT2D eigenvalue weighted by Crippen LogP contribution is -2.31. The second kappa shape index (κ2) is 8.66. The monoisotopic (exact) mass is 232 g/mol. The lowest BCUT2D eigenvalue weighted by molar-refractivity contribution is -0.142. The molecule has 0 aromatic heterocycles. The highest BCUT2D eigenvalue weighted by Gasteiger charge is 2.01. The van der Waals surface area contributed by atoms with E-state index < -0.39 is 5.97 Å². The van der Waals surface area contributed by atoms with Gasteiger partial charge in [0.25, 0.3) is 0 Å². The van der Waals surface area contributed by atoms with Gasteiger partial charge in [0.15, 0.2) is 0 Å². The van der Waals surface area contributed by atoms with Crippen molar-refractivity contribution in [1.29, 1.82) is 0 Å². The summed E-state index contributed by atoms with van der Waals surface area (Å²) >= 11 is 0. The standard InChI is InChI=1S/C9H16N2O5/c1-7(12)10-3-2-8(13)11-4-5-16-6-9(14)15/h2-6H2,1H3,(H,10,12)(H,11,13)(H,14,15). The second-order valence-electron chi connectivity index (χ2n) is 3.03. The summed E-state index contributed by atoms with van der Waals surface area (Å²) in [7, 11) is 0. The van der Waals surface area contributed by atoms with Crippen LogP contribution in [0.5, 0.6) is 0 Å². The number of aliphatic carboxylic acids is 1. The molecule has 16 heavy (non-hydrogen) atoms. The van der Waals surface area contributed by atoms with Gasteiger partial charge < -0.3 is 20.5 Å². The Kier molecular flexibility index (Phi) is 7.78. The second-order valence-corrected chi connectivity index (χ2v) is 3.03. The summed E-state index contributed by atoms with van der Waals surface area (Å²) in [5.41, 5.74) is 0. The highest BCUT2D eigenvalue weighted by Crippen LogP contribution is 1.79. The molecular formula is C9H16N2O5. The molecule has 0 heterocycles. The zero-order valence-corrected chi connectivity index (χ0v) is 9.12. The maximum atomic E-state index is 11.1. The Morgan fingerprint density at radius 2 is 1.88 bits per heavy atom. The van der Waals surface area contributed by atoms with E-state index in [1.54, 1.807) is 0 Å². The van der Waals surface area contributed by atoms with E-state index in [1.165, 1.54) is 6.92 Å². The fourth-order valence-electron chi connectivity index (χ4n) is 0.863. The molecule has 3 N–H and O–H groups in total. The summed E-state index contributed by atoms with van der Waals surface area (Å²) in [5.74, 6) is -1.44. The Bertz CT molecular complexity index is 254. The molecule has 0 fully saturated rings. The number of hydrogen-bond acceptors (Lipinski definition) is 4.